The maximum absolute atomic E-state index is 11.1. The van der Waals surface area contributed by atoms with E-state index in [0.29, 0.717) is 5.92 Å². The molecule has 4 N–H and O–H groups in total. The molecule has 2 amide bonds. The van der Waals surface area contributed by atoms with Gasteiger partial charge in [-0.05, 0) is 18.8 Å². The third-order valence-corrected chi connectivity index (χ3v) is 1.83. The fourth-order valence-electron chi connectivity index (χ4n) is 0.881. The van der Waals surface area contributed by atoms with Crippen molar-refractivity contribution in [3.63, 3.8) is 0 Å². The molecule has 0 aromatic rings. The fourth-order valence-corrected chi connectivity index (χ4v) is 0.881. The van der Waals surface area contributed by atoms with Gasteiger partial charge in [-0.3, -0.25) is 14.4 Å². The lowest BCUT2D eigenvalue weighted by Crippen LogP contribution is -2.36. The van der Waals surface area contributed by atoms with E-state index in [0.717, 1.165) is 6.54 Å². The Morgan fingerprint density at radius 2 is 2.14 bits per heavy atom. The minimum Gasteiger partial charge on any atom is -0.368 e. The van der Waals surface area contributed by atoms with Crippen LogP contribution < -0.4 is 16.5 Å². The van der Waals surface area contributed by atoms with E-state index in [2.05, 4.69) is 15.6 Å². The van der Waals surface area contributed by atoms with Crippen molar-refractivity contribution in [3.05, 3.63) is 0 Å². The van der Waals surface area contributed by atoms with E-state index in [9.17, 15) is 9.59 Å². The van der Waals surface area contributed by atoms with Crippen molar-refractivity contribution in [2.24, 2.45) is 11.7 Å². The monoisotopic (exact) mass is 201 g/mol. The predicted molar refractivity (Wildman–Crippen MR) is 48.9 cm³/mol. The van der Waals surface area contributed by atoms with Gasteiger partial charge in [-0.1, -0.05) is 0 Å². The summed E-state index contributed by atoms with van der Waals surface area (Å²) >= 11 is 0. The fraction of sp³-hybridized carbons (Fsp3) is 0.750. The SMILES string of the molecule is NC(=O)CONCC(=O)NCC1CC1. The molecule has 1 rings (SSSR count). The summed E-state index contributed by atoms with van der Waals surface area (Å²) in [4.78, 5) is 25.9. The first kappa shape index (κ1) is 10.9. The first-order valence-corrected chi connectivity index (χ1v) is 4.58. The molecular weight excluding hydrogens is 186 g/mol. The summed E-state index contributed by atoms with van der Waals surface area (Å²) in [5, 5.41) is 2.74. The second kappa shape index (κ2) is 5.56. The Kier molecular flexibility index (Phi) is 4.34. The van der Waals surface area contributed by atoms with E-state index in [1.54, 1.807) is 0 Å². The zero-order valence-corrected chi connectivity index (χ0v) is 7.91. The molecule has 0 saturated heterocycles. The Morgan fingerprint density at radius 3 is 2.71 bits per heavy atom. The minimum absolute atomic E-state index is 0.0417. The molecule has 14 heavy (non-hydrogen) atoms. The predicted octanol–water partition coefficient (Wildman–Crippen LogP) is -1.48. The first-order valence-electron chi connectivity index (χ1n) is 4.58. The van der Waals surface area contributed by atoms with Gasteiger partial charge >= 0.3 is 0 Å². The third kappa shape index (κ3) is 5.50. The average molecular weight is 201 g/mol. The molecule has 1 aliphatic rings. The number of nitrogens with one attached hydrogen (secondary N) is 2. The van der Waals surface area contributed by atoms with Crippen molar-refractivity contribution >= 4 is 11.8 Å². The number of hydrogen-bond donors (Lipinski definition) is 3. The largest absolute Gasteiger partial charge is 0.368 e. The Hall–Kier alpha value is -1.14. The normalized spacial score (nSPS) is 15.1. The molecule has 0 unspecified atom stereocenters. The maximum Gasteiger partial charge on any atom is 0.245 e. The molecule has 6 heteroatoms. The lowest BCUT2D eigenvalue weighted by atomic mass is 10.4. The molecule has 0 atom stereocenters. The molecule has 0 aromatic heterocycles. The van der Waals surface area contributed by atoms with E-state index < -0.39 is 5.91 Å². The molecule has 6 nitrogen and oxygen atoms in total. The van der Waals surface area contributed by atoms with Crippen molar-refractivity contribution in [1.29, 1.82) is 0 Å². The van der Waals surface area contributed by atoms with Crippen LogP contribution in [0.15, 0.2) is 0 Å². The van der Waals surface area contributed by atoms with E-state index in [1.807, 2.05) is 0 Å². The van der Waals surface area contributed by atoms with Crippen LogP contribution in [0.5, 0.6) is 0 Å². The van der Waals surface area contributed by atoms with E-state index in [-0.39, 0.29) is 19.1 Å². The molecule has 0 radical (unpaired) electrons. The van der Waals surface area contributed by atoms with Gasteiger partial charge in [0.15, 0.2) is 0 Å². The van der Waals surface area contributed by atoms with Gasteiger partial charge in [0.05, 0.1) is 6.54 Å². The zero-order chi connectivity index (χ0) is 10.4. The lowest BCUT2D eigenvalue weighted by molar-refractivity contribution is -0.129. The van der Waals surface area contributed by atoms with Crippen LogP contribution in [0.2, 0.25) is 0 Å². The summed E-state index contributed by atoms with van der Waals surface area (Å²) < 4.78 is 0. The second-order valence-corrected chi connectivity index (χ2v) is 3.32. The number of hydrogen-bond acceptors (Lipinski definition) is 4. The lowest BCUT2D eigenvalue weighted by Gasteiger charge is -2.05. The van der Waals surface area contributed by atoms with Crippen LogP contribution in [0, 0.1) is 5.92 Å². The third-order valence-electron chi connectivity index (χ3n) is 1.83. The molecule has 0 spiro atoms. The number of primary amides is 1. The Morgan fingerprint density at radius 1 is 1.43 bits per heavy atom. The highest BCUT2D eigenvalue weighted by Crippen LogP contribution is 2.27. The second-order valence-electron chi connectivity index (χ2n) is 3.32. The Balaban J connectivity index is 1.88. The van der Waals surface area contributed by atoms with Gasteiger partial charge < -0.3 is 11.1 Å². The number of carbonyl (C=O) groups excluding carboxylic acids is 2. The van der Waals surface area contributed by atoms with E-state index in [4.69, 9.17) is 5.73 Å². The van der Waals surface area contributed by atoms with Crippen LogP contribution in [-0.2, 0) is 14.4 Å². The van der Waals surface area contributed by atoms with Crippen molar-refractivity contribution < 1.29 is 14.4 Å². The summed E-state index contributed by atoms with van der Waals surface area (Å²) in [7, 11) is 0. The van der Waals surface area contributed by atoms with Gasteiger partial charge in [-0.2, -0.15) is 5.48 Å². The summed E-state index contributed by atoms with van der Waals surface area (Å²) in [6, 6.07) is 0. The highest BCUT2D eigenvalue weighted by molar-refractivity contribution is 5.78. The summed E-state index contributed by atoms with van der Waals surface area (Å²) in [5.41, 5.74) is 7.16. The summed E-state index contributed by atoms with van der Waals surface area (Å²) in [6.07, 6.45) is 2.40. The van der Waals surface area contributed by atoms with Gasteiger partial charge in [-0.25, -0.2) is 0 Å². The smallest absolute Gasteiger partial charge is 0.245 e. The zero-order valence-electron chi connectivity index (χ0n) is 7.91. The molecule has 1 aliphatic carbocycles. The number of rotatable bonds is 7. The molecule has 0 bridgehead atoms. The molecule has 0 heterocycles. The van der Waals surface area contributed by atoms with Crippen LogP contribution in [0.25, 0.3) is 0 Å². The minimum atomic E-state index is -0.573. The van der Waals surface area contributed by atoms with E-state index >= 15 is 0 Å². The van der Waals surface area contributed by atoms with E-state index in [1.165, 1.54) is 12.8 Å². The van der Waals surface area contributed by atoms with Crippen molar-refractivity contribution in [2.45, 2.75) is 12.8 Å². The molecule has 80 valence electrons. The molecule has 0 aromatic carbocycles. The van der Waals surface area contributed by atoms with Gasteiger partial charge in [0.2, 0.25) is 11.8 Å². The Labute approximate surface area is 82.1 Å². The standard InChI is InChI=1S/C8H15N3O3/c9-7(12)5-14-11-4-8(13)10-3-6-1-2-6/h6,11H,1-5H2,(H2,9,12)(H,10,13). The summed E-state index contributed by atoms with van der Waals surface area (Å²) in [5.74, 6) is -0.0530. The Bertz CT molecular complexity index is 216. The number of hydroxylamine groups is 1. The molecule has 1 saturated carbocycles. The van der Waals surface area contributed by atoms with Crippen molar-refractivity contribution in [1.82, 2.24) is 10.8 Å². The van der Waals surface area contributed by atoms with Crippen LogP contribution >= 0.6 is 0 Å². The topological polar surface area (TPSA) is 93.5 Å². The van der Waals surface area contributed by atoms with Crippen molar-refractivity contribution in [3.8, 4) is 0 Å². The number of carbonyl (C=O) groups is 2. The van der Waals surface area contributed by atoms with Crippen molar-refractivity contribution in [2.75, 3.05) is 19.7 Å². The first-order chi connectivity index (χ1) is 6.68. The molecular formula is C8H15N3O3. The van der Waals surface area contributed by atoms with Gasteiger partial charge in [-0.15, -0.1) is 0 Å². The van der Waals surface area contributed by atoms with Gasteiger partial charge in [0.1, 0.15) is 6.61 Å². The average Bonchev–Trinajstić information content (AvgIpc) is 2.92. The molecule has 1 fully saturated rings. The quantitative estimate of drug-likeness (QED) is 0.346. The van der Waals surface area contributed by atoms with Crippen LogP contribution in [0.1, 0.15) is 12.8 Å². The van der Waals surface area contributed by atoms with Gasteiger partial charge in [0, 0.05) is 6.54 Å². The van der Waals surface area contributed by atoms with Crippen LogP contribution in [0.4, 0.5) is 0 Å². The van der Waals surface area contributed by atoms with Gasteiger partial charge in [0.25, 0.3) is 0 Å². The highest BCUT2D eigenvalue weighted by atomic mass is 16.6. The molecule has 0 aliphatic heterocycles. The van der Waals surface area contributed by atoms with Crippen LogP contribution in [0.3, 0.4) is 0 Å². The number of amides is 2. The summed E-state index contributed by atoms with van der Waals surface area (Å²) in [6.45, 7) is 0.548. The maximum atomic E-state index is 11.1. The van der Waals surface area contributed by atoms with Crippen LogP contribution in [-0.4, -0.2) is 31.5 Å². The highest BCUT2D eigenvalue weighted by Gasteiger charge is 2.21. The number of nitrogens with two attached hydrogens (primary N) is 1.